The van der Waals surface area contributed by atoms with Gasteiger partial charge in [0.05, 0.1) is 23.6 Å². The van der Waals surface area contributed by atoms with Crippen LogP contribution in [-0.4, -0.2) is 24.0 Å². The number of ether oxygens (including phenoxy) is 2. The van der Waals surface area contributed by atoms with E-state index in [0.29, 0.717) is 11.8 Å². The van der Waals surface area contributed by atoms with E-state index in [1.165, 1.54) is 0 Å². The van der Waals surface area contributed by atoms with Crippen molar-refractivity contribution < 1.29 is 9.47 Å². The largest absolute Gasteiger partial charge is 0.475 e. The van der Waals surface area contributed by atoms with Crippen LogP contribution in [0.1, 0.15) is 44.4 Å². The molecular formula is C33H34N2O2. The standard InChI is InChI=1S/C33H34N2O2/c1-23(2)36-32(27-12-8-6-9-13-27)34-30-19-16-26(17-20-30)29-18-21-31(25(5)22-29)35-33(37-24(3)4)28-14-10-7-11-15-28/h6-24H,1-5H3. The summed E-state index contributed by atoms with van der Waals surface area (Å²) in [4.78, 5) is 9.65. The zero-order chi connectivity index (χ0) is 26.2. The maximum atomic E-state index is 6.04. The first-order valence-electron chi connectivity index (χ1n) is 12.7. The Hall–Kier alpha value is -4.18. The zero-order valence-corrected chi connectivity index (χ0v) is 22.2. The molecule has 0 saturated carbocycles. The summed E-state index contributed by atoms with van der Waals surface area (Å²) in [5.74, 6) is 1.26. The molecule has 0 aliphatic carbocycles. The molecule has 4 aromatic carbocycles. The number of hydrogen-bond acceptors (Lipinski definition) is 4. The summed E-state index contributed by atoms with van der Waals surface area (Å²) >= 11 is 0. The van der Waals surface area contributed by atoms with Gasteiger partial charge in [0, 0.05) is 11.1 Å². The molecule has 4 aromatic rings. The van der Waals surface area contributed by atoms with Crippen LogP contribution < -0.4 is 0 Å². The number of aryl methyl sites for hydroxylation is 1. The number of benzene rings is 4. The molecule has 4 rings (SSSR count). The lowest BCUT2D eigenvalue weighted by molar-refractivity contribution is 0.229. The van der Waals surface area contributed by atoms with Gasteiger partial charge in [0.2, 0.25) is 11.8 Å². The number of rotatable bonds is 7. The molecule has 0 N–H and O–H groups in total. The van der Waals surface area contributed by atoms with Gasteiger partial charge in [-0.05, 0) is 99.8 Å². The van der Waals surface area contributed by atoms with Crippen molar-refractivity contribution >= 4 is 23.2 Å². The normalized spacial score (nSPS) is 12.2. The molecule has 0 fully saturated rings. The maximum Gasteiger partial charge on any atom is 0.221 e. The average Bonchev–Trinajstić information content (AvgIpc) is 2.90. The average molecular weight is 491 g/mol. The van der Waals surface area contributed by atoms with Gasteiger partial charge >= 0.3 is 0 Å². The van der Waals surface area contributed by atoms with E-state index in [2.05, 4.69) is 31.2 Å². The molecule has 0 amide bonds. The Kier molecular flexibility index (Phi) is 8.52. The minimum absolute atomic E-state index is 0.0352. The van der Waals surface area contributed by atoms with E-state index < -0.39 is 0 Å². The van der Waals surface area contributed by atoms with Gasteiger partial charge < -0.3 is 9.47 Å². The van der Waals surface area contributed by atoms with Crippen molar-refractivity contribution in [2.45, 2.75) is 46.8 Å². The minimum atomic E-state index is 0.0352. The van der Waals surface area contributed by atoms with E-state index in [4.69, 9.17) is 19.5 Å². The second kappa shape index (κ2) is 12.2. The van der Waals surface area contributed by atoms with E-state index in [0.717, 1.165) is 39.2 Å². The van der Waals surface area contributed by atoms with Crippen LogP contribution in [0.25, 0.3) is 11.1 Å². The van der Waals surface area contributed by atoms with Crippen molar-refractivity contribution in [1.82, 2.24) is 0 Å². The summed E-state index contributed by atoms with van der Waals surface area (Å²) in [6.07, 6.45) is 0.0729. The quantitative estimate of drug-likeness (QED) is 0.192. The van der Waals surface area contributed by atoms with E-state index in [9.17, 15) is 0 Å². The fourth-order valence-corrected chi connectivity index (χ4v) is 3.84. The van der Waals surface area contributed by atoms with Crippen molar-refractivity contribution in [3.63, 3.8) is 0 Å². The van der Waals surface area contributed by atoms with Crippen LogP contribution in [-0.2, 0) is 9.47 Å². The Balaban J connectivity index is 1.59. The smallest absolute Gasteiger partial charge is 0.221 e. The van der Waals surface area contributed by atoms with Crippen LogP contribution in [0.2, 0.25) is 0 Å². The van der Waals surface area contributed by atoms with Crippen molar-refractivity contribution in [3.8, 4) is 11.1 Å². The molecule has 0 saturated heterocycles. The van der Waals surface area contributed by atoms with E-state index >= 15 is 0 Å². The third kappa shape index (κ3) is 7.17. The second-order valence-corrected chi connectivity index (χ2v) is 9.45. The second-order valence-electron chi connectivity index (χ2n) is 9.45. The van der Waals surface area contributed by atoms with Gasteiger partial charge in [-0.3, -0.25) is 0 Å². The first-order valence-corrected chi connectivity index (χ1v) is 12.7. The van der Waals surface area contributed by atoms with Crippen LogP contribution in [0, 0.1) is 6.92 Å². The summed E-state index contributed by atoms with van der Waals surface area (Å²) < 4.78 is 12.0. The molecule has 0 spiro atoms. The monoisotopic (exact) mass is 490 g/mol. The number of hydrogen-bond donors (Lipinski definition) is 0. The van der Waals surface area contributed by atoms with Gasteiger partial charge in [-0.25, -0.2) is 9.98 Å². The molecule has 4 heteroatoms. The Labute approximate surface area is 220 Å². The summed E-state index contributed by atoms with van der Waals surface area (Å²) in [5, 5.41) is 0. The minimum Gasteiger partial charge on any atom is -0.475 e. The van der Waals surface area contributed by atoms with Crippen molar-refractivity contribution in [3.05, 3.63) is 120 Å². The Morgan fingerprint density at radius 1 is 0.568 bits per heavy atom. The van der Waals surface area contributed by atoms with Gasteiger partial charge in [0.15, 0.2) is 0 Å². The van der Waals surface area contributed by atoms with Crippen LogP contribution in [0.5, 0.6) is 0 Å². The summed E-state index contributed by atoms with van der Waals surface area (Å²) in [6.45, 7) is 10.1. The molecule has 0 unspecified atom stereocenters. The predicted molar refractivity (Wildman–Crippen MR) is 154 cm³/mol. The molecule has 0 aliphatic rings. The van der Waals surface area contributed by atoms with Crippen LogP contribution in [0.15, 0.2) is 113 Å². The van der Waals surface area contributed by atoms with Crippen molar-refractivity contribution in [2.75, 3.05) is 0 Å². The topological polar surface area (TPSA) is 43.2 Å². The summed E-state index contributed by atoms with van der Waals surface area (Å²) in [6, 6.07) is 34.5. The van der Waals surface area contributed by atoms with Gasteiger partial charge in [0.25, 0.3) is 0 Å². The first kappa shape index (κ1) is 25.9. The van der Waals surface area contributed by atoms with E-state index in [1.54, 1.807) is 0 Å². The maximum absolute atomic E-state index is 6.04. The third-order valence-electron chi connectivity index (χ3n) is 5.59. The van der Waals surface area contributed by atoms with E-state index in [-0.39, 0.29) is 12.2 Å². The lowest BCUT2D eigenvalue weighted by Gasteiger charge is -2.14. The molecular weight excluding hydrogens is 456 g/mol. The number of nitrogens with zero attached hydrogens (tertiary/aromatic N) is 2. The van der Waals surface area contributed by atoms with Gasteiger partial charge in [-0.1, -0.05) is 54.6 Å². The Morgan fingerprint density at radius 2 is 1.05 bits per heavy atom. The lowest BCUT2D eigenvalue weighted by Crippen LogP contribution is -2.12. The van der Waals surface area contributed by atoms with Gasteiger partial charge in [0.1, 0.15) is 0 Å². The molecule has 0 aliphatic heterocycles. The SMILES string of the molecule is Cc1cc(-c2ccc(N=C(OC(C)C)c3ccccc3)cc2)ccc1N=C(OC(C)C)c1ccccc1. The van der Waals surface area contributed by atoms with Gasteiger partial charge in [-0.2, -0.15) is 0 Å². The van der Waals surface area contributed by atoms with Crippen molar-refractivity contribution in [1.29, 1.82) is 0 Å². The molecule has 37 heavy (non-hydrogen) atoms. The highest BCUT2D eigenvalue weighted by Gasteiger charge is 2.10. The molecule has 188 valence electrons. The molecule has 4 nitrogen and oxygen atoms in total. The Morgan fingerprint density at radius 3 is 1.54 bits per heavy atom. The first-order chi connectivity index (χ1) is 17.9. The predicted octanol–water partition coefficient (Wildman–Crippen LogP) is 8.67. The number of aliphatic imine (C=N–C) groups is 2. The summed E-state index contributed by atoms with van der Waals surface area (Å²) in [7, 11) is 0. The molecule has 0 bridgehead atoms. The highest BCUT2D eigenvalue weighted by Crippen LogP contribution is 2.29. The third-order valence-corrected chi connectivity index (χ3v) is 5.59. The fraction of sp³-hybridized carbons (Fsp3) is 0.212. The summed E-state index contributed by atoms with van der Waals surface area (Å²) in [5.41, 5.74) is 6.99. The molecule has 0 atom stereocenters. The van der Waals surface area contributed by atoms with Crippen molar-refractivity contribution in [2.24, 2.45) is 9.98 Å². The molecule has 0 radical (unpaired) electrons. The highest BCUT2D eigenvalue weighted by molar-refractivity contribution is 5.96. The molecule has 0 aromatic heterocycles. The van der Waals surface area contributed by atoms with E-state index in [1.807, 2.05) is 107 Å². The van der Waals surface area contributed by atoms with Crippen LogP contribution >= 0.6 is 0 Å². The van der Waals surface area contributed by atoms with Crippen LogP contribution in [0.4, 0.5) is 11.4 Å². The highest BCUT2D eigenvalue weighted by atomic mass is 16.5. The zero-order valence-electron chi connectivity index (χ0n) is 22.2. The Bertz CT molecular complexity index is 1360. The molecule has 0 heterocycles. The fourth-order valence-electron chi connectivity index (χ4n) is 3.84. The van der Waals surface area contributed by atoms with Crippen LogP contribution in [0.3, 0.4) is 0 Å². The van der Waals surface area contributed by atoms with Gasteiger partial charge in [-0.15, -0.1) is 0 Å². The lowest BCUT2D eigenvalue weighted by atomic mass is 10.0.